The summed E-state index contributed by atoms with van der Waals surface area (Å²) in [6.45, 7) is 23.8. The Morgan fingerprint density at radius 1 is 0.474 bits per heavy atom. The SMILES string of the molecule is O.O.O.O.[C-]#N.[C-]#N.[C-]#N.[C-]#N.[C-]#N.[Fe+4].[N-]=O.[Na+].[Na+]. The summed E-state index contributed by atoms with van der Waals surface area (Å²) in [7, 11) is 0. The Kier molecular flexibility index (Phi) is 135000. The molecule has 98 valence electrons. The smallest absolute Gasteiger partial charge is 0.577 e. The molecule has 0 aromatic heterocycles. The van der Waals surface area contributed by atoms with Gasteiger partial charge in [0.25, 0.3) is 0 Å². The van der Waals surface area contributed by atoms with Crippen LogP contribution in [0.15, 0.2) is 0 Å². The van der Waals surface area contributed by atoms with E-state index in [-0.39, 0.29) is 98.1 Å². The van der Waals surface area contributed by atoms with Crippen LogP contribution in [-0.4, -0.2) is 21.9 Å². The van der Waals surface area contributed by atoms with Crippen LogP contribution in [0.4, 0.5) is 0 Å². The van der Waals surface area contributed by atoms with E-state index in [0.29, 0.717) is 0 Å². The van der Waals surface area contributed by atoms with Gasteiger partial charge in [0.15, 0.2) is 0 Å². The second-order valence-corrected chi connectivity index (χ2v) is 0. The molecular weight excluding hydrogens is 326 g/mol. The third kappa shape index (κ3) is 11900. The van der Waals surface area contributed by atoms with Crippen LogP contribution in [0.1, 0.15) is 0 Å². The van der Waals surface area contributed by atoms with Gasteiger partial charge in [0.1, 0.15) is 0 Å². The normalized spacial score (nSPS) is 0.737. The van der Waals surface area contributed by atoms with Crippen LogP contribution >= 0.6 is 0 Å². The second-order valence-electron chi connectivity index (χ2n) is 0. The van der Waals surface area contributed by atoms with E-state index in [9.17, 15) is 0 Å². The summed E-state index contributed by atoms with van der Waals surface area (Å²) in [5.41, 5.74) is 5.75. The summed E-state index contributed by atoms with van der Waals surface area (Å²) in [4.78, 5) is 7.25. The molecule has 0 aromatic rings. The van der Waals surface area contributed by atoms with Crippen LogP contribution in [0.5, 0.6) is 0 Å². The molecule has 0 aliphatic rings. The number of nitroso groups, excluding NO2 is 1. The Balaban J connectivity index is -0.00000000193. The van der Waals surface area contributed by atoms with Gasteiger partial charge < -0.3 is 91.6 Å². The van der Waals surface area contributed by atoms with E-state index in [1.165, 1.54) is 0 Å². The molecule has 8 N–H and O–H groups in total. The van der Waals surface area contributed by atoms with E-state index >= 15 is 0 Å². The van der Waals surface area contributed by atoms with Gasteiger partial charge in [-0.05, 0) is 0 Å². The standard InChI is InChI=1S/5CN.Fe.NO.2Na.4H2O/c5*1-2;;1-2;;;;;;/h;;;;;;;;;4*1H2/q5*-1;+4;-1;2*+1;;;;. The molecule has 0 aromatic carbocycles. The van der Waals surface area contributed by atoms with E-state index < -0.39 is 0 Å². The molecule has 0 amide bonds. The summed E-state index contributed by atoms with van der Waals surface area (Å²) in [5, 5.41) is 31.2. The first-order chi connectivity index (χ1) is 6.00. The van der Waals surface area contributed by atoms with Gasteiger partial charge in [-0.1, -0.05) is 0 Å². The molecule has 0 atom stereocenters. The molecule has 0 aliphatic heterocycles. The molecule has 0 unspecified atom stereocenters. The van der Waals surface area contributed by atoms with Gasteiger partial charge >= 0.3 is 76.2 Å². The number of nitrogens with zero attached hydrogens (tertiary/aromatic N) is 6. The average molecular weight is 334 g/mol. The molecule has 0 rings (SSSR count). The molecule has 0 bridgehead atoms. The maximum atomic E-state index is 7.25. The van der Waals surface area contributed by atoms with Gasteiger partial charge in [-0.3, -0.25) is 0 Å². The topological polar surface area (TPSA) is 284 Å². The van der Waals surface area contributed by atoms with E-state index in [1.807, 2.05) is 0 Å². The van der Waals surface area contributed by atoms with Crippen molar-refractivity contribution in [2.24, 2.45) is 0 Å². The molecule has 11 nitrogen and oxygen atoms in total. The quantitative estimate of drug-likeness (QED) is 0.305. The van der Waals surface area contributed by atoms with E-state index in [1.54, 1.807) is 0 Å². The Morgan fingerprint density at radius 3 is 0.474 bits per heavy atom. The van der Waals surface area contributed by atoms with Crippen LogP contribution in [0, 0.1) is 64.1 Å². The van der Waals surface area contributed by atoms with Crippen LogP contribution < -0.4 is 59.1 Å². The molecule has 0 radical (unpaired) electrons. The zero-order valence-electron chi connectivity index (χ0n) is 9.95. The van der Waals surface area contributed by atoms with Crippen LogP contribution in [-0.2, 0) is 17.1 Å². The summed E-state index contributed by atoms with van der Waals surface area (Å²) in [5.74, 6) is 0. The molecule has 0 fully saturated rings. The van der Waals surface area contributed by atoms with Crippen molar-refractivity contribution < 1.29 is 98.1 Å². The van der Waals surface area contributed by atoms with Crippen molar-refractivity contribution >= 4 is 0 Å². The molecule has 0 aliphatic carbocycles. The molecule has 14 heteroatoms. The van der Waals surface area contributed by atoms with Gasteiger partial charge in [0.2, 0.25) is 0 Å². The molecule has 0 saturated carbocycles. The Morgan fingerprint density at radius 2 is 0.474 bits per heavy atom. The van der Waals surface area contributed by atoms with Crippen LogP contribution in [0.3, 0.4) is 0 Å². The Bertz CT molecular complexity index is 109. The fourth-order valence-corrected chi connectivity index (χ4v) is 0. The maximum Gasteiger partial charge on any atom is 4.00 e. The van der Waals surface area contributed by atoms with Gasteiger partial charge in [-0.25, -0.2) is 0 Å². The van der Waals surface area contributed by atoms with Crippen molar-refractivity contribution in [3.05, 3.63) is 43.4 Å². The number of rotatable bonds is 0. The molecule has 19 heavy (non-hydrogen) atoms. The first kappa shape index (κ1) is 191. The second kappa shape index (κ2) is 13400. The maximum absolute atomic E-state index is 7.25. The van der Waals surface area contributed by atoms with Crippen LogP contribution in [0.2, 0.25) is 0 Å². The van der Waals surface area contributed by atoms with E-state index in [2.05, 4.69) is 0 Å². The average Bonchev–Trinajstić information content (AvgIpc) is 2.33. The van der Waals surface area contributed by atoms with Gasteiger partial charge in [-0.15, -0.1) is 0 Å². The molecule has 0 saturated heterocycles. The van der Waals surface area contributed by atoms with Gasteiger partial charge in [0.05, 0.1) is 0 Å². The van der Waals surface area contributed by atoms with E-state index in [0.717, 1.165) is 0 Å². The summed E-state index contributed by atoms with van der Waals surface area (Å²) in [6, 6.07) is 0. The summed E-state index contributed by atoms with van der Waals surface area (Å²) < 4.78 is 0. The van der Waals surface area contributed by atoms with Crippen molar-refractivity contribution in [2.75, 3.05) is 0 Å². The molecule has 0 spiro atoms. The van der Waals surface area contributed by atoms with E-state index in [4.69, 9.17) is 69.7 Å². The first-order valence-electron chi connectivity index (χ1n) is 1.30. The third-order valence-electron chi connectivity index (χ3n) is 0. The fraction of sp³-hybridized carbons (Fsp3) is 0. The van der Waals surface area contributed by atoms with Crippen molar-refractivity contribution in [3.63, 3.8) is 0 Å². The van der Waals surface area contributed by atoms with Crippen LogP contribution in [0.25, 0.3) is 5.59 Å². The fourth-order valence-electron chi connectivity index (χ4n) is 0. The van der Waals surface area contributed by atoms with Crippen molar-refractivity contribution in [2.45, 2.75) is 0 Å². The minimum Gasteiger partial charge on any atom is -0.577 e. The van der Waals surface area contributed by atoms with Crippen molar-refractivity contribution in [1.82, 2.24) is 0 Å². The minimum absolute atomic E-state index is 0. The zero-order chi connectivity index (χ0) is 12.0. The Hall–Kier alpha value is -0.591. The van der Waals surface area contributed by atoms with Gasteiger partial charge in [-0.2, -0.15) is 0 Å². The number of hydrogen-bond acceptors (Lipinski definition) is 6. The first-order valence-corrected chi connectivity index (χ1v) is 1.30. The molecule has 0 heterocycles. The minimum atomic E-state index is 0. The largest absolute Gasteiger partial charge is 4.00 e. The van der Waals surface area contributed by atoms with Gasteiger partial charge in [0, 0.05) is 0 Å². The Labute approximate surface area is 166 Å². The monoisotopic (exact) mass is 334 g/mol. The predicted octanol–water partition coefficient (Wildman–Crippen LogP) is -8.49. The zero-order valence-corrected chi connectivity index (χ0v) is 15.0. The molecular formula is C5H8FeN6Na2O5. The van der Waals surface area contributed by atoms with Crippen molar-refractivity contribution in [3.8, 4) is 0 Å². The number of hydrogen-bond donors (Lipinski definition) is 0. The summed E-state index contributed by atoms with van der Waals surface area (Å²) in [6.07, 6.45) is 0. The predicted molar refractivity (Wildman–Crippen MR) is 46.0 cm³/mol. The van der Waals surface area contributed by atoms with Crippen molar-refractivity contribution in [1.29, 1.82) is 26.3 Å². The summed E-state index contributed by atoms with van der Waals surface area (Å²) >= 11 is 0. The third-order valence-corrected chi connectivity index (χ3v) is 0.